The molecule has 1 aromatic carbocycles. The molecule has 1 aromatic heterocycles. The summed E-state index contributed by atoms with van der Waals surface area (Å²) in [6.07, 6.45) is 3.83. The molecule has 1 heterocycles. The number of hydrogen-bond donors (Lipinski definition) is 1. The molecule has 3 rings (SSSR count). The number of esters is 1. The molecule has 1 amide bonds. The Labute approximate surface area is 205 Å². The summed E-state index contributed by atoms with van der Waals surface area (Å²) in [5, 5.41) is 3.44. The van der Waals surface area contributed by atoms with Gasteiger partial charge in [0.25, 0.3) is 0 Å². The molecule has 0 saturated heterocycles. The number of nitrogens with one attached hydrogen (secondary N) is 1. The van der Waals surface area contributed by atoms with E-state index in [0.29, 0.717) is 22.8 Å². The molecule has 0 spiro atoms. The predicted octanol–water partition coefficient (Wildman–Crippen LogP) is 3.37. The monoisotopic (exact) mass is 486 g/mol. The molecule has 0 radical (unpaired) electrons. The maximum atomic E-state index is 12.9. The van der Waals surface area contributed by atoms with Gasteiger partial charge >= 0.3 is 11.7 Å². The van der Waals surface area contributed by atoms with Gasteiger partial charge in [0.1, 0.15) is 5.03 Å². The van der Waals surface area contributed by atoms with Gasteiger partial charge in [-0.05, 0) is 57.8 Å². The van der Waals surface area contributed by atoms with E-state index >= 15 is 0 Å². The zero-order valence-electron chi connectivity index (χ0n) is 20.3. The first-order valence-electron chi connectivity index (χ1n) is 12.0. The molecule has 1 aliphatic rings. The van der Waals surface area contributed by atoms with E-state index < -0.39 is 5.97 Å². The van der Waals surface area contributed by atoms with Crippen molar-refractivity contribution in [3.63, 3.8) is 0 Å². The van der Waals surface area contributed by atoms with Crippen LogP contribution in [-0.4, -0.2) is 58.3 Å². The Morgan fingerprint density at radius 1 is 1.15 bits per heavy atom. The van der Waals surface area contributed by atoms with Gasteiger partial charge in [-0.2, -0.15) is 4.98 Å². The minimum Gasteiger partial charge on any atom is -0.462 e. The van der Waals surface area contributed by atoms with E-state index in [2.05, 4.69) is 29.0 Å². The summed E-state index contributed by atoms with van der Waals surface area (Å²) < 4.78 is 6.90. The van der Waals surface area contributed by atoms with E-state index in [1.165, 1.54) is 11.8 Å². The third kappa shape index (κ3) is 6.48. The van der Waals surface area contributed by atoms with Gasteiger partial charge in [-0.25, -0.2) is 9.59 Å². The van der Waals surface area contributed by atoms with E-state index in [1.54, 1.807) is 31.2 Å². The van der Waals surface area contributed by atoms with Gasteiger partial charge in [0.2, 0.25) is 5.91 Å². The van der Waals surface area contributed by atoms with Crippen molar-refractivity contribution in [3.8, 4) is 0 Å². The number of aromatic nitrogens is 2. The molecule has 1 N–H and O–H groups in total. The first kappa shape index (κ1) is 26.0. The standard InChI is InChI=1S/C25H34N4O4S/c1-4-28(5-2)15-16-29-21-14-10-8-12-19(21)23(27-25(29)32)34-17-22(30)26-20-13-9-7-11-18(20)24(31)33-6-3/h7,9,11,13H,4-6,8,10,12,14-17H2,1-3H3,(H,26,30). The lowest BCUT2D eigenvalue weighted by Gasteiger charge is -2.24. The number of carbonyl (C=O) groups is 2. The van der Waals surface area contributed by atoms with Crippen molar-refractivity contribution in [2.45, 2.75) is 58.0 Å². The first-order valence-corrected chi connectivity index (χ1v) is 13.0. The van der Waals surface area contributed by atoms with E-state index in [-0.39, 0.29) is 24.0 Å². The summed E-state index contributed by atoms with van der Waals surface area (Å²) in [4.78, 5) is 44.4. The second-order valence-electron chi connectivity index (χ2n) is 8.11. The molecular weight excluding hydrogens is 452 g/mol. The lowest BCUT2D eigenvalue weighted by Crippen LogP contribution is -2.35. The lowest BCUT2D eigenvalue weighted by atomic mass is 9.97. The van der Waals surface area contributed by atoms with Crippen molar-refractivity contribution in [1.82, 2.24) is 14.5 Å². The minimum absolute atomic E-state index is 0.0967. The van der Waals surface area contributed by atoms with Crippen LogP contribution in [-0.2, 0) is 28.9 Å². The molecule has 0 atom stereocenters. The molecular formula is C25H34N4O4S. The van der Waals surface area contributed by atoms with Crippen LogP contribution in [0.15, 0.2) is 34.1 Å². The van der Waals surface area contributed by atoms with Gasteiger partial charge in [0, 0.05) is 24.3 Å². The summed E-state index contributed by atoms with van der Waals surface area (Å²) in [6, 6.07) is 6.77. The van der Waals surface area contributed by atoms with Crippen molar-refractivity contribution >= 4 is 29.3 Å². The van der Waals surface area contributed by atoms with Crippen LogP contribution in [0.2, 0.25) is 0 Å². The molecule has 9 heteroatoms. The van der Waals surface area contributed by atoms with Gasteiger partial charge in [-0.3, -0.25) is 9.36 Å². The summed E-state index contributed by atoms with van der Waals surface area (Å²) >= 11 is 1.28. The molecule has 0 fully saturated rings. The third-order valence-electron chi connectivity index (χ3n) is 6.02. The number of amides is 1. The van der Waals surface area contributed by atoms with Gasteiger partial charge in [0.05, 0.1) is 23.6 Å². The topological polar surface area (TPSA) is 93.5 Å². The summed E-state index contributed by atoms with van der Waals surface area (Å²) in [6.45, 7) is 9.58. The van der Waals surface area contributed by atoms with E-state index in [4.69, 9.17) is 4.74 Å². The van der Waals surface area contributed by atoms with Crippen LogP contribution in [0.3, 0.4) is 0 Å². The van der Waals surface area contributed by atoms with Crippen molar-refractivity contribution in [1.29, 1.82) is 0 Å². The Hall–Kier alpha value is -2.65. The minimum atomic E-state index is -0.477. The van der Waals surface area contributed by atoms with E-state index in [9.17, 15) is 14.4 Å². The number of fused-ring (bicyclic) bond motifs is 1. The maximum Gasteiger partial charge on any atom is 0.348 e. The van der Waals surface area contributed by atoms with E-state index in [0.717, 1.165) is 56.6 Å². The Bertz CT molecular complexity index is 1070. The first-order chi connectivity index (χ1) is 16.5. The lowest BCUT2D eigenvalue weighted by molar-refractivity contribution is -0.113. The van der Waals surface area contributed by atoms with Crippen molar-refractivity contribution < 1.29 is 14.3 Å². The zero-order valence-corrected chi connectivity index (χ0v) is 21.1. The maximum absolute atomic E-state index is 12.9. The average Bonchev–Trinajstić information content (AvgIpc) is 2.85. The molecule has 1 aliphatic carbocycles. The Morgan fingerprint density at radius 2 is 1.88 bits per heavy atom. The fraction of sp³-hybridized carbons (Fsp3) is 0.520. The smallest absolute Gasteiger partial charge is 0.348 e. The number of likely N-dealkylation sites (N-methyl/N-ethyl adjacent to an activating group) is 1. The number of thioether (sulfide) groups is 1. The molecule has 0 saturated carbocycles. The summed E-state index contributed by atoms with van der Waals surface area (Å²) in [7, 11) is 0. The fourth-order valence-corrected chi connectivity index (χ4v) is 5.05. The van der Waals surface area contributed by atoms with Crippen LogP contribution in [0, 0.1) is 0 Å². The Balaban J connectivity index is 1.73. The number of benzene rings is 1. The van der Waals surface area contributed by atoms with Gasteiger partial charge in [-0.15, -0.1) is 0 Å². The van der Waals surface area contributed by atoms with Crippen LogP contribution in [0.1, 0.15) is 55.2 Å². The van der Waals surface area contributed by atoms with Gasteiger partial charge in [-0.1, -0.05) is 37.7 Å². The molecule has 184 valence electrons. The van der Waals surface area contributed by atoms with E-state index in [1.807, 2.05) is 4.57 Å². The molecule has 34 heavy (non-hydrogen) atoms. The third-order valence-corrected chi connectivity index (χ3v) is 7.04. The second kappa shape index (κ2) is 12.7. The molecule has 8 nitrogen and oxygen atoms in total. The zero-order chi connectivity index (χ0) is 24.5. The predicted molar refractivity (Wildman–Crippen MR) is 135 cm³/mol. The number of rotatable bonds is 11. The van der Waals surface area contributed by atoms with Crippen LogP contribution in [0.5, 0.6) is 0 Å². The second-order valence-corrected chi connectivity index (χ2v) is 9.08. The highest BCUT2D eigenvalue weighted by atomic mass is 32.2. The van der Waals surface area contributed by atoms with Gasteiger partial charge in [0.15, 0.2) is 0 Å². The fourth-order valence-electron chi connectivity index (χ4n) is 4.18. The van der Waals surface area contributed by atoms with Crippen molar-refractivity contribution in [3.05, 3.63) is 51.6 Å². The quantitative estimate of drug-likeness (QED) is 0.296. The summed E-state index contributed by atoms with van der Waals surface area (Å²) in [5.74, 6) is -0.645. The van der Waals surface area contributed by atoms with Crippen LogP contribution < -0.4 is 11.0 Å². The Kier molecular flexibility index (Phi) is 9.71. The molecule has 0 unspecified atom stereocenters. The number of ether oxygens (including phenoxy) is 1. The van der Waals surface area contributed by atoms with Crippen LogP contribution in [0.4, 0.5) is 5.69 Å². The summed E-state index contributed by atoms with van der Waals surface area (Å²) in [5.41, 5.74) is 2.63. The van der Waals surface area contributed by atoms with Gasteiger partial charge < -0.3 is 15.0 Å². The Morgan fingerprint density at radius 3 is 2.62 bits per heavy atom. The normalized spacial score (nSPS) is 12.9. The van der Waals surface area contributed by atoms with Crippen molar-refractivity contribution in [2.75, 3.05) is 37.3 Å². The molecule has 0 bridgehead atoms. The number of anilines is 1. The highest BCUT2D eigenvalue weighted by Crippen LogP contribution is 2.28. The number of hydrogen-bond acceptors (Lipinski definition) is 7. The number of nitrogens with zero attached hydrogens (tertiary/aromatic N) is 3. The molecule has 2 aromatic rings. The molecule has 0 aliphatic heterocycles. The largest absolute Gasteiger partial charge is 0.462 e. The highest BCUT2D eigenvalue weighted by molar-refractivity contribution is 8.00. The number of carbonyl (C=O) groups excluding carboxylic acids is 2. The average molecular weight is 487 g/mol. The highest BCUT2D eigenvalue weighted by Gasteiger charge is 2.22. The van der Waals surface area contributed by atoms with Crippen LogP contribution >= 0.6 is 11.8 Å². The van der Waals surface area contributed by atoms with Crippen LogP contribution in [0.25, 0.3) is 0 Å². The van der Waals surface area contributed by atoms with Crippen molar-refractivity contribution in [2.24, 2.45) is 0 Å². The number of para-hydroxylation sites is 1. The SMILES string of the molecule is CCOC(=O)c1ccccc1NC(=O)CSc1nc(=O)n(CCN(CC)CC)c2c1CCCC2.